The topological polar surface area (TPSA) is 76.1 Å². The highest BCUT2D eigenvalue weighted by atomic mass is 16.5. The Labute approximate surface area is 207 Å². The Morgan fingerprint density at radius 1 is 0.943 bits per heavy atom. The lowest BCUT2D eigenvalue weighted by atomic mass is 10.1. The molecule has 1 N–H and O–H groups in total. The van der Waals surface area contributed by atoms with E-state index in [0.717, 1.165) is 16.7 Å². The van der Waals surface area contributed by atoms with Gasteiger partial charge in [-0.3, -0.25) is 4.79 Å². The molecule has 3 rings (SSSR count). The van der Waals surface area contributed by atoms with E-state index in [4.69, 9.17) is 9.47 Å². The lowest BCUT2D eigenvalue weighted by Gasteiger charge is -2.18. The zero-order valence-electron chi connectivity index (χ0n) is 21.0. The molecule has 0 fully saturated rings. The van der Waals surface area contributed by atoms with Crippen molar-refractivity contribution < 1.29 is 24.2 Å². The van der Waals surface area contributed by atoms with Crippen LogP contribution in [0.3, 0.4) is 0 Å². The van der Waals surface area contributed by atoms with E-state index in [1.54, 1.807) is 31.0 Å². The van der Waals surface area contributed by atoms with Crippen molar-refractivity contribution in [1.82, 2.24) is 4.90 Å². The molecular weight excluding hydrogens is 442 g/mol. The number of nitrogens with zero attached hydrogens (tertiary/aromatic N) is 1. The molecule has 0 saturated carbocycles. The second-order valence-corrected chi connectivity index (χ2v) is 9.11. The summed E-state index contributed by atoms with van der Waals surface area (Å²) in [7, 11) is 1.79. The second kappa shape index (κ2) is 11.6. The molecule has 0 bridgehead atoms. The molecule has 0 heterocycles. The molecule has 0 unspecified atom stereocenters. The van der Waals surface area contributed by atoms with Crippen LogP contribution >= 0.6 is 0 Å². The maximum absolute atomic E-state index is 12.7. The van der Waals surface area contributed by atoms with E-state index < -0.39 is 5.97 Å². The lowest BCUT2D eigenvalue weighted by molar-refractivity contribution is -0.129. The van der Waals surface area contributed by atoms with Crippen LogP contribution in [-0.4, -0.2) is 35.0 Å². The molecular formula is C29H33NO5. The molecule has 0 atom stereocenters. The number of carboxylic acids is 1. The Morgan fingerprint density at radius 3 is 2.29 bits per heavy atom. The molecule has 0 radical (unpaired) electrons. The predicted octanol–water partition coefficient (Wildman–Crippen LogP) is 5.57. The SMILES string of the molecule is Cc1ccc(CC(=O)N(C)Cc2cccc(COc3cc(OC(C)C)cc(C)c3C(=O)O)c2)cc1. The van der Waals surface area contributed by atoms with Gasteiger partial charge in [0.1, 0.15) is 23.7 Å². The summed E-state index contributed by atoms with van der Waals surface area (Å²) in [4.78, 5) is 26.2. The van der Waals surface area contributed by atoms with Gasteiger partial charge in [0, 0.05) is 19.7 Å². The number of ether oxygens (including phenoxy) is 2. The molecule has 3 aromatic rings. The number of benzene rings is 3. The quantitative estimate of drug-likeness (QED) is 0.415. The average molecular weight is 476 g/mol. The molecule has 184 valence electrons. The number of hydrogen-bond donors (Lipinski definition) is 1. The third-order valence-corrected chi connectivity index (χ3v) is 5.57. The Morgan fingerprint density at radius 2 is 1.63 bits per heavy atom. The van der Waals surface area contributed by atoms with Crippen molar-refractivity contribution in [2.45, 2.75) is 53.4 Å². The monoisotopic (exact) mass is 475 g/mol. The highest BCUT2D eigenvalue weighted by molar-refractivity contribution is 5.93. The number of amides is 1. The molecule has 1 amide bonds. The molecule has 0 aliphatic carbocycles. The van der Waals surface area contributed by atoms with Gasteiger partial charge in [-0.15, -0.1) is 0 Å². The van der Waals surface area contributed by atoms with E-state index in [2.05, 4.69) is 0 Å². The van der Waals surface area contributed by atoms with Crippen LogP contribution in [0.1, 0.15) is 52.0 Å². The summed E-state index contributed by atoms with van der Waals surface area (Å²) in [5.41, 5.74) is 4.71. The first kappa shape index (κ1) is 25.8. The molecule has 35 heavy (non-hydrogen) atoms. The highest BCUT2D eigenvalue weighted by Gasteiger charge is 2.18. The van der Waals surface area contributed by atoms with Gasteiger partial charge in [0.25, 0.3) is 0 Å². The van der Waals surface area contributed by atoms with Crippen LogP contribution in [0.15, 0.2) is 60.7 Å². The van der Waals surface area contributed by atoms with Crippen molar-refractivity contribution >= 4 is 11.9 Å². The smallest absolute Gasteiger partial charge is 0.339 e. The number of aromatic carboxylic acids is 1. The zero-order chi connectivity index (χ0) is 25.5. The van der Waals surface area contributed by atoms with Crippen molar-refractivity contribution in [3.8, 4) is 11.5 Å². The summed E-state index contributed by atoms with van der Waals surface area (Å²) in [5, 5.41) is 9.67. The fraction of sp³-hybridized carbons (Fsp3) is 0.310. The first-order chi connectivity index (χ1) is 16.6. The van der Waals surface area contributed by atoms with Crippen molar-refractivity contribution in [1.29, 1.82) is 0 Å². The van der Waals surface area contributed by atoms with E-state index in [1.807, 2.05) is 69.3 Å². The number of hydrogen-bond acceptors (Lipinski definition) is 4. The Hall–Kier alpha value is -3.80. The first-order valence-electron chi connectivity index (χ1n) is 11.7. The predicted molar refractivity (Wildman–Crippen MR) is 136 cm³/mol. The minimum Gasteiger partial charge on any atom is -0.491 e. The van der Waals surface area contributed by atoms with Gasteiger partial charge < -0.3 is 19.5 Å². The van der Waals surface area contributed by atoms with Crippen LogP contribution in [0.4, 0.5) is 0 Å². The third-order valence-electron chi connectivity index (χ3n) is 5.57. The van der Waals surface area contributed by atoms with E-state index in [9.17, 15) is 14.7 Å². The Kier molecular flexibility index (Phi) is 8.53. The standard InChI is InChI=1S/C29H33NO5/c1-19(2)35-25-13-21(4)28(29(32)33)26(16-25)34-18-24-8-6-7-23(14-24)17-30(5)27(31)15-22-11-9-20(3)10-12-22/h6-14,16,19H,15,17-18H2,1-5H3,(H,32,33). The zero-order valence-corrected chi connectivity index (χ0v) is 21.0. The Bertz CT molecular complexity index is 1180. The normalized spacial score (nSPS) is 10.8. The van der Waals surface area contributed by atoms with Gasteiger partial charge in [-0.25, -0.2) is 4.79 Å². The van der Waals surface area contributed by atoms with Crippen molar-refractivity contribution in [2.75, 3.05) is 7.05 Å². The molecule has 6 nitrogen and oxygen atoms in total. The molecule has 0 aliphatic heterocycles. The highest BCUT2D eigenvalue weighted by Crippen LogP contribution is 2.30. The summed E-state index contributed by atoms with van der Waals surface area (Å²) in [6.45, 7) is 8.24. The first-order valence-corrected chi connectivity index (χ1v) is 11.7. The minimum atomic E-state index is -1.05. The van der Waals surface area contributed by atoms with Crippen LogP contribution in [0.2, 0.25) is 0 Å². The maximum Gasteiger partial charge on any atom is 0.339 e. The van der Waals surface area contributed by atoms with Crippen LogP contribution < -0.4 is 9.47 Å². The molecule has 3 aromatic carbocycles. The van der Waals surface area contributed by atoms with Crippen molar-refractivity contribution in [3.05, 3.63) is 94.0 Å². The van der Waals surface area contributed by atoms with Crippen LogP contribution in [0.5, 0.6) is 11.5 Å². The fourth-order valence-corrected chi connectivity index (χ4v) is 3.81. The number of carboxylic acid groups (broad SMARTS) is 1. The van der Waals surface area contributed by atoms with Crippen molar-refractivity contribution in [2.24, 2.45) is 0 Å². The van der Waals surface area contributed by atoms with Crippen LogP contribution in [0.25, 0.3) is 0 Å². The van der Waals surface area contributed by atoms with Gasteiger partial charge in [-0.05, 0) is 56.0 Å². The molecule has 0 aliphatic rings. The molecule has 0 spiro atoms. The van der Waals surface area contributed by atoms with Crippen LogP contribution in [0, 0.1) is 13.8 Å². The Balaban J connectivity index is 1.68. The van der Waals surface area contributed by atoms with Crippen molar-refractivity contribution in [3.63, 3.8) is 0 Å². The van der Waals surface area contributed by atoms with Gasteiger partial charge in [0.05, 0.1) is 12.5 Å². The number of rotatable bonds is 10. The fourth-order valence-electron chi connectivity index (χ4n) is 3.81. The summed E-state index contributed by atoms with van der Waals surface area (Å²) < 4.78 is 11.7. The summed E-state index contributed by atoms with van der Waals surface area (Å²) >= 11 is 0. The summed E-state index contributed by atoms with van der Waals surface area (Å²) in [5.74, 6) is -0.168. The van der Waals surface area contributed by atoms with E-state index >= 15 is 0 Å². The van der Waals surface area contributed by atoms with Crippen LogP contribution in [-0.2, 0) is 24.4 Å². The van der Waals surface area contributed by atoms with Gasteiger partial charge in [-0.1, -0.05) is 54.1 Å². The largest absolute Gasteiger partial charge is 0.491 e. The summed E-state index contributed by atoms with van der Waals surface area (Å²) in [6.07, 6.45) is 0.311. The molecule has 6 heteroatoms. The summed E-state index contributed by atoms with van der Waals surface area (Å²) in [6, 6.07) is 19.1. The molecule has 0 saturated heterocycles. The van der Waals surface area contributed by atoms with Gasteiger partial charge in [0.15, 0.2) is 0 Å². The number of carbonyl (C=O) groups is 2. The maximum atomic E-state index is 12.7. The van der Waals surface area contributed by atoms with E-state index in [-0.39, 0.29) is 29.9 Å². The minimum absolute atomic E-state index is 0.0408. The van der Waals surface area contributed by atoms with E-state index in [1.165, 1.54) is 5.56 Å². The number of likely N-dealkylation sites (N-methyl/N-ethyl adjacent to an activating group) is 1. The number of aryl methyl sites for hydroxylation is 2. The lowest BCUT2D eigenvalue weighted by Crippen LogP contribution is -2.27. The molecule has 0 aromatic heterocycles. The number of carbonyl (C=O) groups excluding carboxylic acids is 1. The van der Waals surface area contributed by atoms with Gasteiger partial charge in [-0.2, -0.15) is 0 Å². The average Bonchev–Trinajstić information content (AvgIpc) is 2.78. The third kappa shape index (κ3) is 7.34. The van der Waals surface area contributed by atoms with E-state index in [0.29, 0.717) is 24.3 Å². The second-order valence-electron chi connectivity index (χ2n) is 9.11. The van der Waals surface area contributed by atoms with Gasteiger partial charge >= 0.3 is 5.97 Å². The van der Waals surface area contributed by atoms with Gasteiger partial charge in [0.2, 0.25) is 5.91 Å².